The van der Waals surface area contributed by atoms with Crippen LogP contribution in [-0.2, 0) is 18.0 Å². The van der Waals surface area contributed by atoms with Crippen LogP contribution >= 0.6 is 22.1 Å². The smallest absolute Gasteiger partial charge is 0.335 e. The number of carbonyl (C=O) groups is 2. The van der Waals surface area contributed by atoms with E-state index in [4.69, 9.17) is 5.73 Å². The van der Waals surface area contributed by atoms with Crippen LogP contribution in [-0.4, -0.2) is 18.0 Å². The van der Waals surface area contributed by atoms with Crippen molar-refractivity contribution in [3.05, 3.63) is 0 Å². The normalized spacial score (nSPS) is 26.2. The molecular weight excluding hydrogens is 202 g/mol. The molecule has 12 heavy (non-hydrogen) atoms. The van der Waals surface area contributed by atoms with E-state index in [2.05, 4.69) is 8.37 Å². The molecular formula is C5H7NO4S2. The molecule has 0 aromatic rings. The van der Waals surface area contributed by atoms with Crippen LogP contribution in [0.2, 0.25) is 0 Å². The van der Waals surface area contributed by atoms with Crippen molar-refractivity contribution in [3.8, 4) is 0 Å². The van der Waals surface area contributed by atoms with Crippen molar-refractivity contribution >= 4 is 34.1 Å². The van der Waals surface area contributed by atoms with E-state index in [-0.39, 0.29) is 18.8 Å². The standard InChI is InChI=1S/C5H7NO4S2/c6-3-1-2-4(7)9-11-12-10-5(3)8/h3H,1-2,6H2. The zero-order valence-electron chi connectivity index (χ0n) is 6.02. The molecule has 7 heteroatoms. The molecule has 1 unspecified atom stereocenters. The maximum Gasteiger partial charge on any atom is 0.335 e. The number of carbonyl (C=O) groups excluding carboxylic acids is 2. The lowest BCUT2D eigenvalue weighted by atomic mass is 10.2. The van der Waals surface area contributed by atoms with Crippen molar-refractivity contribution in [2.45, 2.75) is 18.9 Å². The van der Waals surface area contributed by atoms with Gasteiger partial charge in [-0.1, -0.05) is 0 Å². The van der Waals surface area contributed by atoms with Gasteiger partial charge in [-0.3, -0.25) is 4.79 Å². The maximum absolute atomic E-state index is 10.9. The average molecular weight is 209 g/mol. The molecule has 1 fully saturated rings. The van der Waals surface area contributed by atoms with Crippen LogP contribution in [0.5, 0.6) is 0 Å². The highest BCUT2D eigenvalue weighted by molar-refractivity contribution is 8.73. The molecule has 68 valence electrons. The molecule has 0 aromatic heterocycles. The number of nitrogens with two attached hydrogens (primary N) is 1. The number of rotatable bonds is 0. The van der Waals surface area contributed by atoms with Crippen LogP contribution in [0.1, 0.15) is 12.8 Å². The van der Waals surface area contributed by atoms with Crippen molar-refractivity contribution in [3.63, 3.8) is 0 Å². The quantitative estimate of drug-likeness (QED) is 0.457. The van der Waals surface area contributed by atoms with Crippen molar-refractivity contribution in [1.29, 1.82) is 0 Å². The molecule has 2 N–H and O–H groups in total. The van der Waals surface area contributed by atoms with E-state index in [1.54, 1.807) is 0 Å². The Balaban J connectivity index is 2.48. The summed E-state index contributed by atoms with van der Waals surface area (Å²) in [4.78, 5) is 21.6. The van der Waals surface area contributed by atoms with Gasteiger partial charge in [0, 0.05) is 6.42 Å². The fourth-order valence-electron chi connectivity index (χ4n) is 0.594. The van der Waals surface area contributed by atoms with E-state index in [0.717, 1.165) is 11.1 Å². The molecule has 0 saturated carbocycles. The highest BCUT2D eigenvalue weighted by Crippen LogP contribution is 2.26. The second-order valence-corrected chi connectivity index (χ2v) is 3.56. The Kier molecular flexibility index (Phi) is 3.70. The lowest BCUT2D eigenvalue weighted by Gasteiger charge is -2.04. The lowest BCUT2D eigenvalue weighted by molar-refractivity contribution is -0.135. The molecule has 1 aliphatic heterocycles. The maximum atomic E-state index is 10.9. The third-order valence-electron chi connectivity index (χ3n) is 1.23. The van der Waals surface area contributed by atoms with Crippen LogP contribution in [0.4, 0.5) is 0 Å². The monoisotopic (exact) mass is 209 g/mol. The van der Waals surface area contributed by atoms with Gasteiger partial charge in [0.25, 0.3) is 0 Å². The predicted octanol–water partition coefficient (Wildman–Crippen LogP) is 0.405. The SMILES string of the molecule is NC1CCC(=O)OSSOC1=O. The molecule has 0 aromatic carbocycles. The second kappa shape index (κ2) is 4.58. The summed E-state index contributed by atoms with van der Waals surface area (Å²) in [5, 5.41) is 0. The predicted molar refractivity (Wildman–Crippen MR) is 44.6 cm³/mol. The van der Waals surface area contributed by atoms with Gasteiger partial charge in [0.1, 0.15) is 6.04 Å². The summed E-state index contributed by atoms with van der Waals surface area (Å²) < 4.78 is 9.13. The minimum atomic E-state index is -0.733. The number of hydrogen-bond acceptors (Lipinski definition) is 7. The summed E-state index contributed by atoms with van der Waals surface area (Å²) in [5.41, 5.74) is 5.37. The largest absolute Gasteiger partial charge is 0.376 e. The van der Waals surface area contributed by atoms with Crippen LogP contribution in [0.15, 0.2) is 0 Å². The summed E-state index contributed by atoms with van der Waals surface area (Å²) in [6.45, 7) is 0. The van der Waals surface area contributed by atoms with Gasteiger partial charge in [0.15, 0.2) is 22.1 Å². The van der Waals surface area contributed by atoms with Crippen molar-refractivity contribution in [1.82, 2.24) is 0 Å². The Labute approximate surface area is 77.1 Å². The van der Waals surface area contributed by atoms with Crippen LogP contribution in [0, 0.1) is 0 Å². The molecule has 1 aliphatic rings. The average Bonchev–Trinajstić information content (AvgIpc) is 2.11. The molecule has 0 amide bonds. The first-order valence-electron chi connectivity index (χ1n) is 3.20. The molecule has 0 bridgehead atoms. The molecule has 1 rings (SSSR count). The van der Waals surface area contributed by atoms with E-state index >= 15 is 0 Å². The number of hydrogen-bond donors (Lipinski definition) is 1. The summed E-state index contributed by atoms with van der Waals surface area (Å²) in [7, 11) is 0. The molecule has 0 spiro atoms. The Bertz CT molecular complexity index is 198. The highest BCUT2D eigenvalue weighted by atomic mass is 33.1. The summed E-state index contributed by atoms with van der Waals surface area (Å²) in [6, 6.07) is -0.733. The third-order valence-corrected chi connectivity index (χ3v) is 2.35. The molecule has 1 saturated heterocycles. The minimum absolute atomic E-state index is 0.143. The fourth-order valence-corrected chi connectivity index (χ4v) is 1.59. The van der Waals surface area contributed by atoms with Gasteiger partial charge in [-0.2, -0.15) is 0 Å². The Morgan fingerprint density at radius 2 is 2.00 bits per heavy atom. The van der Waals surface area contributed by atoms with Gasteiger partial charge in [0.05, 0.1) is 0 Å². The van der Waals surface area contributed by atoms with E-state index in [1.165, 1.54) is 0 Å². The Morgan fingerprint density at radius 1 is 1.33 bits per heavy atom. The first-order chi connectivity index (χ1) is 5.70. The highest BCUT2D eigenvalue weighted by Gasteiger charge is 2.20. The van der Waals surface area contributed by atoms with Crippen LogP contribution < -0.4 is 5.73 Å². The van der Waals surface area contributed by atoms with Crippen molar-refractivity contribution in [2.75, 3.05) is 0 Å². The van der Waals surface area contributed by atoms with Gasteiger partial charge >= 0.3 is 11.9 Å². The van der Waals surface area contributed by atoms with E-state index in [0.29, 0.717) is 11.1 Å². The third kappa shape index (κ3) is 2.92. The van der Waals surface area contributed by atoms with E-state index in [9.17, 15) is 9.59 Å². The Hall–Kier alpha value is -0.400. The minimum Gasteiger partial charge on any atom is -0.376 e. The molecule has 1 heterocycles. The molecule has 1 atom stereocenters. The molecule has 0 radical (unpaired) electrons. The summed E-state index contributed by atoms with van der Waals surface area (Å²) in [5.74, 6) is -0.910. The zero-order valence-corrected chi connectivity index (χ0v) is 7.65. The van der Waals surface area contributed by atoms with E-state index in [1.807, 2.05) is 0 Å². The summed E-state index contributed by atoms with van der Waals surface area (Å²) in [6.07, 6.45) is 0.405. The summed E-state index contributed by atoms with van der Waals surface area (Å²) >= 11 is 1.43. The van der Waals surface area contributed by atoms with Crippen LogP contribution in [0.3, 0.4) is 0 Å². The van der Waals surface area contributed by atoms with Gasteiger partial charge in [-0.15, -0.1) is 0 Å². The first-order valence-corrected chi connectivity index (χ1v) is 5.20. The van der Waals surface area contributed by atoms with Gasteiger partial charge in [0.2, 0.25) is 0 Å². The van der Waals surface area contributed by atoms with Gasteiger partial charge < -0.3 is 14.1 Å². The Morgan fingerprint density at radius 3 is 2.75 bits per heavy atom. The first kappa shape index (κ1) is 9.69. The second-order valence-electron chi connectivity index (χ2n) is 2.14. The topological polar surface area (TPSA) is 78.6 Å². The van der Waals surface area contributed by atoms with Crippen molar-refractivity contribution in [2.24, 2.45) is 5.73 Å². The van der Waals surface area contributed by atoms with Crippen LogP contribution in [0.25, 0.3) is 0 Å². The zero-order chi connectivity index (χ0) is 8.97. The lowest BCUT2D eigenvalue weighted by Crippen LogP contribution is -2.31. The van der Waals surface area contributed by atoms with Gasteiger partial charge in [-0.25, -0.2) is 4.79 Å². The molecule has 0 aliphatic carbocycles. The molecule has 5 nitrogen and oxygen atoms in total. The van der Waals surface area contributed by atoms with Gasteiger partial charge in [-0.05, 0) is 6.42 Å². The fraction of sp³-hybridized carbons (Fsp3) is 0.600. The van der Waals surface area contributed by atoms with E-state index < -0.39 is 12.0 Å². The van der Waals surface area contributed by atoms with Crippen molar-refractivity contribution < 1.29 is 18.0 Å².